The standard InChI is InChI=1S/C12H20N4O2/c17-8-7-13-11-5-6-14-12(16-11)15-9-1-3-10(18)4-2-9/h5-6,9-10,17-18H,1-4,7-8H2,(H2,13,14,15,16). The molecule has 1 aromatic heterocycles. The van der Waals surface area contributed by atoms with E-state index in [0.29, 0.717) is 24.4 Å². The fourth-order valence-electron chi connectivity index (χ4n) is 2.11. The summed E-state index contributed by atoms with van der Waals surface area (Å²) in [4.78, 5) is 8.49. The van der Waals surface area contributed by atoms with E-state index in [-0.39, 0.29) is 12.7 Å². The largest absolute Gasteiger partial charge is 0.395 e. The second-order valence-corrected chi connectivity index (χ2v) is 4.57. The van der Waals surface area contributed by atoms with E-state index in [4.69, 9.17) is 5.11 Å². The van der Waals surface area contributed by atoms with Crippen molar-refractivity contribution in [1.82, 2.24) is 9.97 Å². The Morgan fingerprint density at radius 3 is 2.78 bits per heavy atom. The maximum absolute atomic E-state index is 9.44. The zero-order chi connectivity index (χ0) is 12.8. The lowest BCUT2D eigenvalue weighted by Gasteiger charge is -2.26. The Kier molecular flexibility index (Phi) is 4.72. The molecule has 0 atom stereocenters. The third-order valence-electron chi connectivity index (χ3n) is 3.10. The Bertz CT molecular complexity index is 367. The molecule has 0 bridgehead atoms. The maximum atomic E-state index is 9.44. The van der Waals surface area contributed by atoms with Crippen LogP contribution in [0.2, 0.25) is 0 Å². The van der Waals surface area contributed by atoms with Gasteiger partial charge in [0.2, 0.25) is 5.95 Å². The van der Waals surface area contributed by atoms with Crippen LogP contribution < -0.4 is 10.6 Å². The van der Waals surface area contributed by atoms with Gasteiger partial charge in [-0.25, -0.2) is 4.98 Å². The Morgan fingerprint density at radius 2 is 2.06 bits per heavy atom. The molecule has 1 heterocycles. The molecule has 0 amide bonds. The smallest absolute Gasteiger partial charge is 0.224 e. The fourth-order valence-corrected chi connectivity index (χ4v) is 2.11. The summed E-state index contributed by atoms with van der Waals surface area (Å²) in [7, 11) is 0. The van der Waals surface area contributed by atoms with Crippen molar-refractivity contribution in [1.29, 1.82) is 0 Å². The number of nitrogens with one attached hydrogen (secondary N) is 2. The molecule has 6 nitrogen and oxygen atoms in total. The third-order valence-corrected chi connectivity index (χ3v) is 3.10. The summed E-state index contributed by atoms with van der Waals surface area (Å²) in [6.45, 7) is 0.555. The average Bonchev–Trinajstić information content (AvgIpc) is 2.40. The zero-order valence-corrected chi connectivity index (χ0v) is 10.3. The first-order chi connectivity index (χ1) is 8.78. The van der Waals surface area contributed by atoms with E-state index in [1.165, 1.54) is 0 Å². The molecule has 0 radical (unpaired) electrons. The predicted octanol–water partition coefficient (Wildman–Crippen LogP) is 0.596. The van der Waals surface area contributed by atoms with Gasteiger partial charge in [0.1, 0.15) is 5.82 Å². The topological polar surface area (TPSA) is 90.3 Å². The van der Waals surface area contributed by atoms with Crippen molar-refractivity contribution in [2.75, 3.05) is 23.8 Å². The normalized spacial score (nSPS) is 23.7. The number of aliphatic hydroxyl groups excluding tert-OH is 2. The lowest BCUT2D eigenvalue weighted by atomic mass is 9.93. The molecule has 0 spiro atoms. The molecule has 0 unspecified atom stereocenters. The first-order valence-corrected chi connectivity index (χ1v) is 6.40. The lowest BCUT2D eigenvalue weighted by Crippen LogP contribution is -2.29. The van der Waals surface area contributed by atoms with Gasteiger partial charge in [0.05, 0.1) is 12.7 Å². The van der Waals surface area contributed by atoms with Gasteiger partial charge < -0.3 is 20.8 Å². The summed E-state index contributed by atoms with van der Waals surface area (Å²) < 4.78 is 0. The van der Waals surface area contributed by atoms with Crippen LogP contribution in [0.3, 0.4) is 0 Å². The van der Waals surface area contributed by atoms with E-state index in [0.717, 1.165) is 25.7 Å². The van der Waals surface area contributed by atoms with Gasteiger partial charge >= 0.3 is 0 Å². The van der Waals surface area contributed by atoms with Gasteiger partial charge in [-0.3, -0.25) is 0 Å². The van der Waals surface area contributed by atoms with E-state index < -0.39 is 0 Å². The number of rotatable bonds is 5. The monoisotopic (exact) mass is 252 g/mol. The molecule has 100 valence electrons. The van der Waals surface area contributed by atoms with Crippen LogP contribution in [-0.4, -0.2) is 45.5 Å². The Morgan fingerprint density at radius 1 is 1.28 bits per heavy atom. The minimum atomic E-state index is -0.151. The predicted molar refractivity (Wildman–Crippen MR) is 69.5 cm³/mol. The summed E-state index contributed by atoms with van der Waals surface area (Å²) in [6, 6.07) is 2.10. The van der Waals surface area contributed by atoms with Gasteiger partial charge in [0.25, 0.3) is 0 Å². The van der Waals surface area contributed by atoms with Gasteiger partial charge in [-0.1, -0.05) is 0 Å². The summed E-state index contributed by atoms with van der Waals surface area (Å²) in [5, 5.41) is 24.5. The van der Waals surface area contributed by atoms with Crippen molar-refractivity contribution in [3.63, 3.8) is 0 Å². The fraction of sp³-hybridized carbons (Fsp3) is 0.667. The van der Waals surface area contributed by atoms with Crippen LogP contribution in [0.4, 0.5) is 11.8 Å². The highest BCUT2D eigenvalue weighted by atomic mass is 16.3. The molecule has 1 saturated carbocycles. The lowest BCUT2D eigenvalue weighted by molar-refractivity contribution is 0.126. The van der Waals surface area contributed by atoms with Gasteiger partial charge in [-0.15, -0.1) is 0 Å². The van der Waals surface area contributed by atoms with E-state index in [1.54, 1.807) is 12.3 Å². The highest BCUT2D eigenvalue weighted by Crippen LogP contribution is 2.21. The van der Waals surface area contributed by atoms with Crippen LogP contribution in [0.5, 0.6) is 0 Å². The summed E-state index contributed by atoms with van der Waals surface area (Å²) in [5.74, 6) is 1.30. The first kappa shape index (κ1) is 13.0. The molecule has 0 aliphatic heterocycles. The molecule has 1 aliphatic rings. The Labute approximate surface area is 106 Å². The average molecular weight is 252 g/mol. The minimum Gasteiger partial charge on any atom is -0.395 e. The Hall–Kier alpha value is -1.40. The number of anilines is 2. The summed E-state index contributed by atoms with van der Waals surface area (Å²) in [6.07, 6.45) is 5.09. The summed E-state index contributed by atoms with van der Waals surface area (Å²) >= 11 is 0. The van der Waals surface area contributed by atoms with E-state index in [9.17, 15) is 5.11 Å². The molecule has 0 saturated heterocycles. The second-order valence-electron chi connectivity index (χ2n) is 4.57. The van der Waals surface area contributed by atoms with Crippen molar-refractivity contribution >= 4 is 11.8 Å². The molecular weight excluding hydrogens is 232 g/mol. The summed E-state index contributed by atoms with van der Waals surface area (Å²) in [5.41, 5.74) is 0. The third kappa shape index (κ3) is 3.82. The second kappa shape index (κ2) is 6.51. The highest BCUT2D eigenvalue weighted by Gasteiger charge is 2.19. The number of aliphatic hydroxyl groups is 2. The van der Waals surface area contributed by atoms with Crippen LogP contribution >= 0.6 is 0 Å². The van der Waals surface area contributed by atoms with E-state index in [1.807, 2.05) is 0 Å². The van der Waals surface area contributed by atoms with Crippen LogP contribution in [0.25, 0.3) is 0 Å². The molecule has 6 heteroatoms. The van der Waals surface area contributed by atoms with Crippen LogP contribution in [0.15, 0.2) is 12.3 Å². The Balaban J connectivity index is 1.88. The van der Waals surface area contributed by atoms with Gasteiger partial charge in [0, 0.05) is 18.8 Å². The number of aromatic nitrogens is 2. The molecule has 2 rings (SSSR count). The van der Waals surface area contributed by atoms with Crippen molar-refractivity contribution in [3.05, 3.63) is 12.3 Å². The molecule has 1 fully saturated rings. The van der Waals surface area contributed by atoms with Crippen molar-refractivity contribution in [3.8, 4) is 0 Å². The van der Waals surface area contributed by atoms with Crippen LogP contribution in [-0.2, 0) is 0 Å². The van der Waals surface area contributed by atoms with Gasteiger partial charge in [-0.05, 0) is 31.7 Å². The quantitative estimate of drug-likeness (QED) is 0.613. The van der Waals surface area contributed by atoms with Gasteiger partial charge in [-0.2, -0.15) is 4.98 Å². The van der Waals surface area contributed by atoms with E-state index >= 15 is 0 Å². The van der Waals surface area contributed by atoms with Crippen molar-refractivity contribution in [2.24, 2.45) is 0 Å². The molecule has 0 aromatic carbocycles. The van der Waals surface area contributed by atoms with Crippen LogP contribution in [0, 0.1) is 0 Å². The van der Waals surface area contributed by atoms with E-state index in [2.05, 4.69) is 20.6 Å². The minimum absolute atomic E-state index is 0.0767. The zero-order valence-electron chi connectivity index (χ0n) is 10.3. The molecular formula is C12H20N4O2. The number of hydrogen-bond acceptors (Lipinski definition) is 6. The molecule has 1 aliphatic carbocycles. The molecule has 1 aromatic rings. The molecule has 18 heavy (non-hydrogen) atoms. The van der Waals surface area contributed by atoms with Crippen molar-refractivity contribution in [2.45, 2.75) is 37.8 Å². The van der Waals surface area contributed by atoms with Gasteiger partial charge in [0.15, 0.2) is 0 Å². The van der Waals surface area contributed by atoms with Crippen molar-refractivity contribution < 1.29 is 10.2 Å². The SMILES string of the molecule is OCCNc1ccnc(NC2CCC(O)CC2)n1. The van der Waals surface area contributed by atoms with Crippen LogP contribution in [0.1, 0.15) is 25.7 Å². The molecule has 4 N–H and O–H groups in total. The first-order valence-electron chi connectivity index (χ1n) is 6.40. The number of nitrogens with zero attached hydrogens (tertiary/aromatic N) is 2. The highest BCUT2D eigenvalue weighted by molar-refractivity contribution is 5.39. The maximum Gasteiger partial charge on any atom is 0.224 e. The number of hydrogen-bond donors (Lipinski definition) is 4.